The van der Waals surface area contributed by atoms with E-state index in [4.69, 9.17) is 32.9 Å². The number of nitrogens with zero attached hydrogens (tertiary/aromatic N) is 4. The number of halogens is 2. The number of rotatable bonds is 8. The molecule has 1 aromatic carbocycles. The van der Waals surface area contributed by atoms with Gasteiger partial charge in [-0.1, -0.05) is 34.5 Å². The molecule has 0 saturated carbocycles. The van der Waals surface area contributed by atoms with Gasteiger partial charge in [0.15, 0.2) is 5.13 Å². The van der Waals surface area contributed by atoms with Crippen LogP contribution in [-0.2, 0) is 14.8 Å². The molecule has 8 nitrogen and oxygen atoms in total. The molecule has 0 aliphatic carbocycles. The number of carbonyl (C=O) groups is 1. The van der Waals surface area contributed by atoms with Crippen LogP contribution < -0.4 is 9.64 Å². The summed E-state index contributed by atoms with van der Waals surface area (Å²) < 4.78 is 34.2. The third kappa shape index (κ3) is 5.61. The van der Waals surface area contributed by atoms with Crippen LogP contribution in [-0.4, -0.2) is 75.9 Å². The molecule has 0 unspecified atom stereocenters. The second-order valence-corrected chi connectivity index (χ2v) is 13.7. The molecule has 3 heterocycles. The van der Waals surface area contributed by atoms with E-state index in [0.717, 1.165) is 16.0 Å². The van der Waals surface area contributed by atoms with Gasteiger partial charge in [-0.15, -0.1) is 11.3 Å². The summed E-state index contributed by atoms with van der Waals surface area (Å²) in [5.74, 6) is 0.233. The maximum atomic E-state index is 13.7. The standard InChI is InChI=1S/C22H26Cl2N4O4S3/c1-26(2)12-13-28(22-25-19-16(32-3)5-4-15(23)20(19)34-22)21(29)14-8-10-27(11-9-14)35(30,31)18-7-6-17(24)33-18/h4-7,14H,8-13H2,1-3H3. The molecule has 0 radical (unpaired) electrons. The number of hydrogen-bond donors (Lipinski definition) is 0. The summed E-state index contributed by atoms with van der Waals surface area (Å²) >= 11 is 14.7. The maximum Gasteiger partial charge on any atom is 0.252 e. The summed E-state index contributed by atoms with van der Waals surface area (Å²) in [6.45, 7) is 1.65. The zero-order valence-corrected chi connectivity index (χ0v) is 23.5. The second-order valence-electron chi connectivity index (χ2n) is 8.45. The lowest BCUT2D eigenvalue weighted by Gasteiger charge is -2.33. The molecule has 0 bridgehead atoms. The summed E-state index contributed by atoms with van der Waals surface area (Å²) in [4.78, 5) is 22.1. The van der Waals surface area contributed by atoms with Crippen LogP contribution >= 0.6 is 45.9 Å². The number of carbonyl (C=O) groups excluding carboxylic acids is 1. The highest BCUT2D eigenvalue weighted by atomic mass is 35.5. The molecule has 1 aliphatic rings. The number of likely N-dealkylation sites (N-methyl/N-ethyl adjacent to an activating group) is 1. The average Bonchev–Trinajstić information content (AvgIpc) is 3.47. The predicted octanol–water partition coefficient (Wildman–Crippen LogP) is 4.67. The Kier molecular flexibility index (Phi) is 8.26. The van der Waals surface area contributed by atoms with Crippen molar-refractivity contribution in [3.8, 4) is 5.75 Å². The number of hydrogen-bond acceptors (Lipinski definition) is 8. The maximum absolute atomic E-state index is 13.7. The minimum Gasteiger partial charge on any atom is -0.494 e. The zero-order valence-electron chi connectivity index (χ0n) is 19.5. The van der Waals surface area contributed by atoms with Crippen molar-refractivity contribution >= 4 is 77.2 Å². The fourth-order valence-electron chi connectivity index (χ4n) is 3.95. The lowest BCUT2D eigenvalue weighted by molar-refractivity contribution is -0.123. The lowest BCUT2D eigenvalue weighted by Crippen LogP contribution is -2.45. The summed E-state index contributed by atoms with van der Waals surface area (Å²) in [6.07, 6.45) is 0.870. The Hall–Kier alpha value is -1.47. The van der Waals surface area contributed by atoms with E-state index in [-0.39, 0.29) is 29.1 Å². The molecule has 1 aliphatic heterocycles. The summed E-state index contributed by atoms with van der Waals surface area (Å²) in [6, 6.07) is 6.62. The fraction of sp³-hybridized carbons (Fsp3) is 0.455. The fourth-order valence-corrected chi connectivity index (χ4v) is 8.34. The van der Waals surface area contributed by atoms with Gasteiger partial charge < -0.3 is 9.64 Å². The summed E-state index contributed by atoms with van der Waals surface area (Å²) in [5, 5.41) is 1.11. The van der Waals surface area contributed by atoms with Gasteiger partial charge in [0, 0.05) is 32.1 Å². The molecule has 1 saturated heterocycles. The van der Waals surface area contributed by atoms with Crippen LogP contribution in [0.2, 0.25) is 9.36 Å². The number of amides is 1. The Bertz CT molecular complexity index is 1320. The normalized spacial score (nSPS) is 15.7. The molecule has 0 spiro atoms. The van der Waals surface area contributed by atoms with Gasteiger partial charge in [0.05, 0.1) is 21.2 Å². The predicted molar refractivity (Wildman–Crippen MR) is 143 cm³/mol. The Balaban J connectivity index is 1.55. The first-order chi connectivity index (χ1) is 16.6. The van der Waals surface area contributed by atoms with Crippen molar-refractivity contribution < 1.29 is 17.9 Å². The number of ether oxygens (including phenoxy) is 1. The van der Waals surface area contributed by atoms with Gasteiger partial charge in [0.2, 0.25) is 5.91 Å². The molecule has 3 aromatic rings. The molecule has 2 aromatic heterocycles. The van der Waals surface area contributed by atoms with Crippen LogP contribution in [0.15, 0.2) is 28.5 Å². The van der Waals surface area contributed by atoms with Crippen LogP contribution in [0.5, 0.6) is 5.75 Å². The van der Waals surface area contributed by atoms with Gasteiger partial charge in [-0.2, -0.15) is 4.31 Å². The Morgan fingerprint density at radius 3 is 2.46 bits per heavy atom. The molecule has 1 fully saturated rings. The molecule has 4 rings (SSSR count). The first-order valence-corrected chi connectivity index (χ1v) is 14.8. The van der Waals surface area contributed by atoms with Gasteiger partial charge in [-0.25, -0.2) is 13.4 Å². The number of methoxy groups -OCH3 is 1. The van der Waals surface area contributed by atoms with Crippen molar-refractivity contribution in [1.29, 1.82) is 0 Å². The minimum atomic E-state index is -3.62. The number of aromatic nitrogens is 1. The zero-order chi connectivity index (χ0) is 25.3. The largest absolute Gasteiger partial charge is 0.494 e. The molecular weight excluding hydrogens is 551 g/mol. The third-order valence-corrected chi connectivity index (χ3v) is 11.0. The van der Waals surface area contributed by atoms with Crippen LogP contribution in [0.4, 0.5) is 5.13 Å². The van der Waals surface area contributed by atoms with Crippen LogP contribution in [0, 0.1) is 5.92 Å². The Morgan fingerprint density at radius 1 is 1.14 bits per heavy atom. The third-order valence-electron chi connectivity index (χ3n) is 5.88. The topological polar surface area (TPSA) is 83.0 Å². The average molecular weight is 578 g/mol. The summed E-state index contributed by atoms with van der Waals surface area (Å²) in [5.41, 5.74) is 0.623. The van der Waals surface area contributed by atoms with Crippen molar-refractivity contribution in [2.75, 3.05) is 52.3 Å². The monoisotopic (exact) mass is 576 g/mol. The molecule has 0 N–H and O–H groups in total. The van der Waals surface area contributed by atoms with E-state index < -0.39 is 10.0 Å². The first-order valence-electron chi connectivity index (χ1n) is 11.0. The summed E-state index contributed by atoms with van der Waals surface area (Å²) in [7, 11) is 1.85. The van der Waals surface area contributed by atoms with Gasteiger partial charge in [-0.05, 0) is 51.2 Å². The van der Waals surface area contributed by atoms with Crippen molar-refractivity contribution in [1.82, 2.24) is 14.2 Å². The van der Waals surface area contributed by atoms with Gasteiger partial charge >= 0.3 is 0 Å². The number of fused-ring (bicyclic) bond motifs is 1. The molecule has 190 valence electrons. The van der Waals surface area contributed by atoms with E-state index in [2.05, 4.69) is 0 Å². The Morgan fingerprint density at radius 2 is 1.86 bits per heavy atom. The number of thiazole rings is 1. The number of anilines is 1. The van der Waals surface area contributed by atoms with E-state index in [1.807, 2.05) is 19.0 Å². The van der Waals surface area contributed by atoms with Crippen LogP contribution in [0.3, 0.4) is 0 Å². The quantitative estimate of drug-likeness (QED) is 0.387. The van der Waals surface area contributed by atoms with E-state index >= 15 is 0 Å². The highest BCUT2D eigenvalue weighted by Gasteiger charge is 2.35. The number of piperidine rings is 1. The lowest BCUT2D eigenvalue weighted by atomic mass is 9.96. The number of benzene rings is 1. The van der Waals surface area contributed by atoms with Crippen LogP contribution in [0.1, 0.15) is 12.8 Å². The minimum absolute atomic E-state index is 0.0581. The van der Waals surface area contributed by atoms with Crippen molar-refractivity contribution in [3.05, 3.63) is 33.6 Å². The van der Waals surface area contributed by atoms with E-state index in [0.29, 0.717) is 51.7 Å². The van der Waals surface area contributed by atoms with Gasteiger partial charge in [0.25, 0.3) is 10.0 Å². The van der Waals surface area contributed by atoms with Gasteiger partial charge in [0.1, 0.15) is 15.5 Å². The van der Waals surface area contributed by atoms with E-state index in [1.165, 1.54) is 21.7 Å². The van der Waals surface area contributed by atoms with E-state index in [1.54, 1.807) is 30.2 Å². The Labute approximate surface area is 223 Å². The molecule has 35 heavy (non-hydrogen) atoms. The van der Waals surface area contributed by atoms with Crippen molar-refractivity contribution in [3.63, 3.8) is 0 Å². The first kappa shape index (κ1) is 26.6. The van der Waals surface area contributed by atoms with E-state index in [9.17, 15) is 13.2 Å². The van der Waals surface area contributed by atoms with Crippen LogP contribution in [0.25, 0.3) is 10.2 Å². The second kappa shape index (κ2) is 10.9. The number of sulfonamides is 1. The highest BCUT2D eigenvalue weighted by Crippen LogP contribution is 2.39. The number of thiophene rings is 1. The van der Waals surface area contributed by atoms with Gasteiger partial charge in [-0.3, -0.25) is 9.69 Å². The SMILES string of the molecule is COc1ccc(Cl)c2sc(N(CCN(C)C)C(=O)C3CCN(S(=O)(=O)c4ccc(Cl)s4)CC3)nc12. The van der Waals surface area contributed by atoms with Crippen molar-refractivity contribution in [2.45, 2.75) is 17.1 Å². The molecule has 1 amide bonds. The van der Waals surface area contributed by atoms with Crippen molar-refractivity contribution in [2.24, 2.45) is 5.92 Å². The highest BCUT2D eigenvalue weighted by molar-refractivity contribution is 7.91. The molecule has 13 heteroatoms. The molecular formula is C22H26Cl2N4O4S3. The molecule has 0 atom stereocenters. The smallest absolute Gasteiger partial charge is 0.252 e.